The molecule has 0 amide bonds. The van der Waals surface area contributed by atoms with Crippen LogP contribution in [0.1, 0.15) is 15.9 Å². The van der Waals surface area contributed by atoms with Gasteiger partial charge < -0.3 is 9.47 Å². The first kappa shape index (κ1) is 17.0. The normalized spacial score (nSPS) is 11.7. The zero-order chi connectivity index (χ0) is 17.0. The van der Waals surface area contributed by atoms with Crippen molar-refractivity contribution in [2.45, 2.75) is 6.92 Å². The Morgan fingerprint density at radius 1 is 1.13 bits per heavy atom. The van der Waals surface area contributed by atoms with Crippen LogP contribution >= 0.6 is 0 Å². The summed E-state index contributed by atoms with van der Waals surface area (Å²) in [6.45, 7) is 1.76. The molecule has 2 aromatic carbocycles. The van der Waals surface area contributed by atoms with Crippen molar-refractivity contribution in [3.8, 4) is 5.75 Å². The minimum atomic E-state index is -2.37. The van der Waals surface area contributed by atoms with Gasteiger partial charge in [-0.05, 0) is 42.8 Å². The van der Waals surface area contributed by atoms with Gasteiger partial charge in [-0.3, -0.25) is 4.55 Å². The van der Waals surface area contributed by atoms with E-state index in [0.29, 0.717) is 22.7 Å². The highest BCUT2D eigenvalue weighted by molar-refractivity contribution is 7.81. The van der Waals surface area contributed by atoms with E-state index in [1.807, 2.05) is 0 Å². The average molecular weight is 335 g/mol. The van der Waals surface area contributed by atoms with Crippen molar-refractivity contribution in [1.29, 1.82) is 0 Å². The van der Waals surface area contributed by atoms with E-state index >= 15 is 0 Å². The number of ether oxygens (including phenoxy) is 2. The lowest BCUT2D eigenvalue weighted by Crippen LogP contribution is -2.23. The first-order valence-corrected chi connectivity index (χ1v) is 7.79. The predicted molar refractivity (Wildman–Crippen MR) is 88.4 cm³/mol. The SMILES string of the molecule is COC(=O)c1cccc(C)c1N(c1ccc(OC)cc1)S(=O)O. The Morgan fingerprint density at radius 3 is 2.30 bits per heavy atom. The zero-order valence-corrected chi connectivity index (χ0v) is 13.8. The first-order valence-electron chi connectivity index (χ1n) is 6.72. The fourth-order valence-corrected chi connectivity index (χ4v) is 2.92. The van der Waals surface area contributed by atoms with Crippen LogP contribution in [0.4, 0.5) is 11.4 Å². The Bertz CT molecular complexity index is 730. The van der Waals surface area contributed by atoms with Crippen molar-refractivity contribution in [2.24, 2.45) is 0 Å². The molecule has 122 valence electrons. The van der Waals surface area contributed by atoms with Gasteiger partial charge in [-0.2, -0.15) is 0 Å². The van der Waals surface area contributed by atoms with Crippen LogP contribution in [0.3, 0.4) is 0 Å². The third kappa shape index (κ3) is 3.52. The summed E-state index contributed by atoms with van der Waals surface area (Å²) < 4.78 is 32.7. The molecule has 0 aliphatic rings. The van der Waals surface area contributed by atoms with Crippen molar-refractivity contribution in [3.63, 3.8) is 0 Å². The largest absolute Gasteiger partial charge is 0.497 e. The van der Waals surface area contributed by atoms with Crippen LogP contribution in [0.2, 0.25) is 0 Å². The summed E-state index contributed by atoms with van der Waals surface area (Å²) in [6, 6.07) is 11.6. The third-order valence-electron chi connectivity index (χ3n) is 3.31. The quantitative estimate of drug-likeness (QED) is 0.671. The van der Waals surface area contributed by atoms with Crippen molar-refractivity contribution < 1.29 is 23.0 Å². The highest BCUT2D eigenvalue weighted by Crippen LogP contribution is 2.34. The molecule has 1 unspecified atom stereocenters. The molecule has 0 heterocycles. The maximum absolute atomic E-state index is 12.0. The van der Waals surface area contributed by atoms with E-state index in [0.717, 1.165) is 0 Å². The van der Waals surface area contributed by atoms with Crippen LogP contribution in [-0.4, -0.2) is 29.0 Å². The molecule has 0 saturated heterocycles. The van der Waals surface area contributed by atoms with Gasteiger partial charge in [-0.15, -0.1) is 0 Å². The lowest BCUT2D eigenvalue weighted by molar-refractivity contribution is 0.0601. The molecule has 0 fully saturated rings. The van der Waals surface area contributed by atoms with Crippen LogP contribution in [0.5, 0.6) is 5.75 Å². The van der Waals surface area contributed by atoms with Crippen molar-refractivity contribution in [1.82, 2.24) is 0 Å². The number of para-hydroxylation sites is 1. The molecule has 0 bridgehead atoms. The average Bonchev–Trinajstić information content (AvgIpc) is 2.56. The topological polar surface area (TPSA) is 76.1 Å². The molecule has 2 rings (SSSR count). The summed E-state index contributed by atoms with van der Waals surface area (Å²) in [7, 11) is 2.80. The molecule has 1 atom stereocenters. The number of esters is 1. The second-order valence-corrected chi connectivity index (χ2v) is 5.51. The lowest BCUT2D eigenvalue weighted by Gasteiger charge is -2.24. The molecule has 1 N–H and O–H groups in total. The number of methoxy groups -OCH3 is 2. The summed E-state index contributed by atoms with van der Waals surface area (Å²) in [5, 5.41) is 0. The van der Waals surface area contributed by atoms with Crippen molar-refractivity contribution in [3.05, 3.63) is 53.6 Å². The fraction of sp³-hybridized carbons (Fsp3) is 0.188. The Kier molecular flexibility index (Phi) is 5.36. The highest BCUT2D eigenvalue weighted by atomic mass is 32.2. The molecule has 6 nitrogen and oxygen atoms in total. The van der Waals surface area contributed by atoms with Gasteiger partial charge in [0.25, 0.3) is 11.3 Å². The van der Waals surface area contributed by atoms with Crippen molar-refractivity contribution >= 4 is 28.6 Å². The summed E-state index contributed by atoms with van der Waals surface area (Å²) >= 11 is -2.37. The number of carbonyl (C=O) groups is 1. The van der Waals surface area contributed by atoms with Gasteiger partial charge in [-0.1, -0.05) is 12.1 Å². The highest BCUT2D eigenvalue weighted by Gasteiger charge is 2.24. The summed E-state index contributed by atoms with van der Waals surface area (Å²) in [5.41, 5.74) is 1.66. The minimum Gasteiger partial charge on any atom is -0.497 e. The second kappa shape index (κ2) is 7.26. The predicted octanol–water partition coefficient (Wildman–Crippen LogP) is 3.07. The van der Waals surface area contributed by atoms with Gasteiger partial charge in [0.2, 0.25) is 0 Å². The number of nitrogens with zero attached hydrogens (tertiary/aromatic N) is 1. The third-order valence-corrected chi connectivity index (χ3v) is 4.02. The van der Waals surface area contributed by atoms with E-state index < -0.39 is 17.2 Å². The number of benzene rings is 2. The van der Waals surface area contributed by atoms with Gasteiger partial charge in [0.05, 0.1) is 31.2 Å². The summed E-state index contributed by atoms with van der Waals surface area (Å²) in [6.07, 6.45) is 0. The molecular weight excluding hydrogens is 318 g/mol. The smallest absolute Gasteiger partial charge is 0.340 e. The van der Waals surface area contributed by atoms with Crippen LogP contribution in [0.15, 0.2) is 42.5 Å². The number of anilines is 2. The van der Waals surface area contributed by atoms with Crippen LogP contribution in [0.25, 0.3) is 0 Å². The Morgan fingerprint density at radius 2 is 1.78 bits per heavy atom. The molecule has 0 aliphatic heterocycles. The van der Waals surface area contributed by atoms with Crippen LogP contribution < -0.4 is 9.04 Å². The number of aryl methyl sites for hydroxylation is 1. The standard InChI is InChI=1S/C16H17NO5S/c1-11-5-4-6-14(16(18)22-3)15(11)17(23(19)20)12-7-9-13(21-2)10-8-12/h4-10H,1-3H3,(H,19,20). The summed E-state index contributed by atoms with van der Waals surface area (Å²) in [4.78, 5) is 12.0. The fourth-order valence-electron chi connectivity index (χ4n) is 2.22. The van der Waals surface area contributed by atoms with E-state index in [-0.39, 0.29) is 5.56 Å². The lowest BCUT2D eigenvalue weighted by atomic mass is 10.1. The van der Waals surface area contributed by atoms with Gasteiger partial charge in [0.1, 0.15) is 5.75 Å². The van der Waals surface area contributed by atoms with E-state index in [1.54, 1.807) is 49.4 Å². The monoisotopic (exact) mass is 335 g/mol. The second-order valence-electron chi connectivity index (χ2n) is 4.69. The van der Waals surface area contributed by atoms with E-state index in [2.05, 4.69) is 0 Å². The van der Waals surface area contributed by atoms with E-state index in [9.17, 15) is 13.6 Å². The molecular formula is C16H17NO5S. The molecule has 7 heteroatoms. The van der Waals surface area contributed by atoms with Crippen LogP contribution in [0, 0.1) is 6.92 Å². The Hall–Kier alpha value is -2.38. The molecule has 0 aliphatic carbocycles. The van der Waals surface area contributed by atoms with Crippen LogP contribution in [-0.2, 0) is 16.0 Å². The molecule has 0 saturated carbocycles. The van der Waals surface area contributed by atoms with Crippen molar-refractivity contribution in [2.75, 3.05) is 18.5 Å². The maximum atomic E-state index is 12.0. The Labute approximate surface area is 137 Å². The maximum Gasteiger partial charge on any atom is 0.340 e. The van der Waals surface area contributed by atoms with Gasteiger partial charge >= 0.3 is 5.97 Å². The zero-order valence-electron chi connectivity index (χ0n) is 13.0. The molecule has 23 heavy (non-hydrogen) atoms. The minimum absolute atomic E-state index is 0.214. The van der Waals surface area contributed by atoms with E-state index in [1.165, 1.54) is 18.5 Å². The number of carbonyl (C=O) groups excluding carboxylic acids is 1. The Balaban J connectivity index is 2.62. The summed E-state index contributed by atoms with van der Waals surface area (Å²) in [5.74, 6) is 0.0445. The number of hydrogen-bond acceptors (Lipinski definition) is 4. The van der Waals surface area contributed by atoms with Gasteiger partial charge in [0.15, 0.2) is 0 Å². The molecule has 2 aromatic rings. The van der Waals surface area contributed by atoms with E-state index in [4.69, 9.17) is 9.47 Å². The number of hydrogen-bond donors (Lipinski definition) is 1. The van der Waals surface area contributed by atoms with Gasteiger partial charge in [-0.25, -0.2) is 13.3 Å². The number of rotatable bonds is 5. The molecule has 0 radical (unpaired) electrons. The first-order chi connectivity index (χ1) is 11.0. The van der Waals surface area contributed by atoms with Gasteiger partial charge in [0, 0.05) is 0 Å². The molecule has 0 spiro atoms. The molecule has 0 aromatic heterocycles.